The van der Waals surface area contributed by atoms with Crippen molar-refractivity contribution >= 4 is 27.5 Å². The van der Waals surface area contributed by atoms with Gasteiger partial charge in [-0.05, 0) is 18.2 Å². The molecule has 0 fully saturated rings. The molecule has 0 saturated heterocycles. The maximum Gasteiger partial charge on any atom is 0.240 e. The smallest absolute Gasteiger partial charge is 0.240 e. The Morgan fingerprint density at radius 3 is 2.93 bits per heavy atom. The fourth-order valence-electron chi connectivity index (χ4n) is 1.01. The molecule has 1 aromatic carbocycles. The Morgan fingerprint density at radius 2 is 2.36 bits per heavy atom. The van der Waals surface area contributed by atoms with Crippen LogP contribution in [0.2, 0.25) is 0 Å². The van der Waals surface area contributed by atoms with Crippen molar-refractivity contribution < 1.29 is 4.79 Å². The first-order chi connectivity index (χ1) is 6.65. The number of amides is 1. The molecule has 0 bridgehead atoms. The maximum atomic E-state index is 11.3. The first-order valence-electron chi connectivity index (χ1n) is 4.04. The van der Waals surface area contributed by atoms with Crippen LogP contribution in [0, 0.1) is 11.3 Å². The third kappa shape index (κ3) is 2.57. The zero-order chi connectivity index (χ0) is 10.6. The molecule has 0 heterocycles. The molecule has 3 nitrogen and oxygen atoms in total. The van der Waals surface area contributed by atoms with Crippen LogP contribution in [0.1, 0.15) is 6.42 Å². The Hall–Kier alpha value is -1.34. The van der Waals surface area contributed by atoms with E-state index in [0.717, 1.165) is 10.2 Å². The molecule has 0 aliphatic rings. The predicted octanol–water partition coefficient (Wildman–Crippen LogP) is 2.33. The summed E-state index contributed by atoms with van der Waals surface area (Å²) in [4.78, 5) is 12.8. The van der Waals surface area contributed by atoms with E-state index in [0.29, 0.717) is 0 Å². The Morgan fingerprint density at radius 1 is 1.64 bits per heavy atom. The molecule has 72 valence electrons. The van der Waals surface area contributed by atoms with Crippen molar-refractivity contribution in [1.29, 1.82) is 5.26 Å². The van der Waals surface area contributed by atoms with Gasteiger partial charge in [-0.25, -0.2) is 0 Å². The summed E-state index contributed by atoms with van der Waals surface area (Å²) in [5.41, 5.74) is 0.777. The Kier molecular flexibility index (Phi) is 3.66. The van der Waals surface area contributed by atoms with E-state index < -0.39 is 0 Å². The lowest BCUT2D eigenvalue weighted by molar-refractivity contribution is -0.117. The van der Waals surface area contributed by atoms with E-state index in [1.54, 1.807) is 7.05 Å². The highest BCUT2D eigenvalue weighted by molar-refractivity contribution is 9.10. The lowest BCUT2D eigenvalue weighted by Crippen LogP contribution is -2.25. The van der Waals surface area contributed by atoms with Crippen LogP contribution in [0.3, 0.4) is 0 Å². The third-order valence-corrected chi connectivity index (χ3v) is 2.29. The summed E-state index contributed by atoms with van der Waals surface area (Å²) < 4.78 is 0.909. The highest BCUT2D eigenvalue weighted by atomic mass is 79.9. The van der Waals surface area contributed by atoms with Gasteiger partial charge in [0, 0.05) is 17.2 Å². The van der Waals surface area contributed by atoms with Crippen LogP contribution in [-0.2, 0) is 4.79 Å². The van der Waals surface area contributed by atoms with Crippen LogP contribution in [0.4, 0.5) is 5.69 Å². The van der Waals surface area contributed by atoms with E-state index >= 15 is 0 Å². The zero-order valence-electron chi connectivity index (χ0n) is 7.70. The Balaban J connectivity index is 2.85. The topological polar surface area (TPSA) is 44.1 Å². The lowest BCUT2D eigenvalue weighted by Gasteiger charge is -2.15. The minimum atomic E-state index is -0.203. The fourth-order valence-corrected chi connectivity index (χ4v) is 1.40. The van der Waals surface area contributed by atoms with Crippen LogP contribution < -0.4 is 4.90 Å². The van der Waals surface area contributed by atoms with Gasteiger partial charge in [0.25, 0.3) is 0 Å². The molecule has 4 heteroatoms. The van der Waals surface area contributed by atoms with Gasteiger partial charge in [0.15, 0.2) is 0 Å². The number of anilines is 1. The van der Waals surface area contributed by atoms with E-state index in [1.807, 2.05) is 30.3 Å². The Bertz CT molecular complexity index is 384. The SMILES string of the molecule is CN(C(=O)CC#N)c1cccc(Br)c1. The molecular formula is C10H9BrN2O. The van der Waals surface area contributed by atoms with E-state index in [9.17, 15) is 4.79 Å². The summed E-state index contributed by atoms with van der Waals surface area (Å²) in [6.45, 7) is 0. The molecule has 14 heavy (non-hydrogen) atoms. The number of rotatable bonds is 2. The minimum Gasteiger partial charge on any atom is -0.315 e. The van der Waals surface area contributed by atoms with Crippen molar-refractivity contribution in [2.24, 2.45) is 0 Å². The minimum absolute atomic E-state index is 0.0942. The maximum absolute atomic E-state index is 11.3. The van der Waals surface area contributed by atoms with Gasteiger partial charge in [-0.1, -0.05) is 22.0 Å². The third-order valence-electron chi connectivity index (χ3n) is 1.80. The number of halogens is 1. The summed E-state index contributed by atoms with van der Waals surface area (Å²) in [5.74, 6) is -0.203. The first kappa shape index (κ1) is 10.7. The van der Waals surface area contributed by atoms with Crippen molar-refractivity contribution in [3.05, 3.63) is 28.7 Å². The molecule has 0 unspecified atom stereocenters. The second-order valence-electron chi connectivity index (χ2n) is 2.77. The van der Waals surface area contributed by atoms with Crippen LogP contribution in [0.25, 0.3) is 0 Å². The molecule has 0 N–H and O–H groups in total. The van der Waals surface area contributed by atoms with Gasteiger partial charge >= 0.3 is 0 Å². The first-order valence-corrected chi connectivity index (χ1v) is 4.83. The molecule has 0 aliphatic heterocycles. The molecule has 0 radical (unpaired) electrons. The van der Waals surface area contributed by atoms with Crippen LogP contribution in [0.15, 0.2) is 28.7 Å². The van der Waals surface area contributed by atoms with Gasteiger partial charge in [0.05, 0.1) is 6.07 Å². The average molecular weight is 253 g/mol. The van der Waals surface area contributed by atoms with Crippen LogP contribution >= 0.6 is 15.9 Å². The van der Waals surface area contributed by atoms with Gasteiger partial charge in [0.2, 0.25) is 5.91 Å². The second-order valence-corrected chi connectivity index (χ2v) is 3.68. The standard InChI is InChI=1S/C10H9BrN2O/c1-13(10(14)5-6-12)9-4-2-3-8(11)7-9/h2-4,7H,5H2,1H3. The molecule has 0 saturated carbocycles. The number of hydrogen-bond donors (Lipinski definition) is 0. The monoisotopic (exact) mass is 252 g/mol. The van der Waals surface area contributed by atoms with E-state index in [4.69, 9.17) is 5.26 Å². The van der Waals surface area contributed by atoms with Gasteiger partial charge in [-0.2, -0.15) is 5.26 Å². The molecular weight excluding hydrogens is 244 g/mol. The predicted molar refractivity (Wildman–Crippen MR) is 57.8 cm³/mol. The van der Waals surface area contributed by atoms with Crippen LogP contribution in [-0.4, -0.2) is 13.0 Å². The number of benzene rings is 1. The lowest BCUT2D eigenvalue weighted by atomic mass is 10.3. The molecule has 0 spiro atoms. The summed E-state index contributed by atoms with van der Waals surface area (Å²) in [7, 11) is 1.65. The van der Waals surface area contributed by atoms with Gasteiger partial charge in [-0.15, -0.1) is 0 Å². The molecule has 1 rings (SSSR count). The molecule has 1 amide bonds. The summed E-state index contributed by atoms with van der Waals surface area (Å²) >= 11 is 3.32. The molecule has 1 aromatic rings. The van der Waals surface area contributed by atoms with Crippen molar-refractivity contribution in [2.45, 2.75) is 6.42 Å². The normalized spacial score (nSPS) is 9.21. The molecule has 0 aromatic heterocycles. The highest BCUT2D eigenvalue weighted by Gasteiger charge is 2.09. The van der Waals surface area contributed by atoms with Crippen LogP contribution in [0.5, 0.6) is 0 Å². The highest BCUT2D eigenvalue weighted by Crippen LogP contribution is 2.19. The van der Waals surface area contributed by atoms with E-state index in [1.165, 1.54) is 4.90 Å². The van der Waals surface area contributed by atoms with Crippen molar-refractivity contribution in [3.63, 3.8) is 0 Å². The van der Waals surface area contributed by atoms with Gasteiger partial charge < -0.3 is 4.90 Å². The number of carbonyl (C=O) groups excluding carboxylic acids is 1. The number of nitrogens with zero attached hydrogens (tertiary/aromatic N) is 2. The Labute approximate surface area is 91.1 Å². The number of carbonyl (C=O) groups is 1. The summed E-state index contributed by atoms with van der Waals surface area (Å²) in [6.07, 6.45) is -0.0942. The second kappa shape index (κ2) is 4.77. The van der Waals surface area contributed by atoms with E-state index in [-0.39, 0.29) is 12.3 Å². The van der Waals surface area contributed by atoms with Gasteiger partial charge in [0.1, 0.15) is 6.42 Å². The van der Waals surface area contributed by atoms with E-state index in [2.05, 4.69) is 15.9 Å². The zero-order valence-corrected chi connectivity index (χ0v) is 9.28. The summed E-state index contributed by atoms with van der Waals surface area (Å²) in [6, 6.07) is 9.20. The van der Waals surface area contributed by atoms with Crippen molar-refractivity contribution in [1.82, 2.24) is 0 Å². The molecule has 0 atom stereocenters. The van der Waals surface area contributed by atoms with Gasteiger partial charge in [-0.3, -0.25) is 4.79 Å². The summed E-state index contributed by atoms with van der Waals surface area (Å²) in [5, 5.41) is 8.38. The largest absolute Gasteiger partial charge is 0.315 e. The quantitative estimate of drug-likeness (QED) is 0.811. The number of nitriles is 1. The molecule has 0 aliphatic carbocycles. The van der Waals surface area contributed by atoms with Crippen molar-refractivity contribution in [2.75, 3.05) is 11.9 Å². The van der Waals surface area contributed by atoms with Crippen molar-refractivity contribution in [3.8, 4) is 6.07 Å². The number of hydrogen-bond acceptors (Lipinski definition) is 2. The average Bonchev–Trinajstić information content (AvgIpc) is 2.17. The fraction of sp³-hybridized carbons (Fsp3) is 0.200.